The van der Waals surface area contributed by atoms with Crippen LogP contribution < -0.4 is 0 Å². The molecule has 0 aromatic rings. The van der Waals surface area contributed by atoms with Gasteiger partial charge in [-0.25, -0.2) is 0 Å². The van der Waals surface area contributed by atoms with E-state index in [2.05, 4.69) is 4.74 Å². The third-order valence-corrected chi connectivity index (χ3v) is 1.55. The van der Waals surface area contributed by atoms with Crippen molar-refractivity contribution in [3.63, 3.8) is 0 Å². The van der Waals surface area contributed by atoms with Gasteiger partial charge in [-0.3, -0.25) is 4.79 Å². The molecule has 5 heteroatoms. The highest BCUT2D eigenvalue weighted by Crippen LogP contribution is 2.34. The van der Waals surface area contributed by atoms with Gasteiger partial charge in [0.05, 0.1) is 12.3 Å². The van der Waals surface area contributed by atoms with E-state index < -0.39 is 24.2 Å². The number of hydrogen-bond donors (Lipinski definition) is 0. The first-order chi connectivity index (χ1) is 5.45. The molecule has 0 radical (unpaired) electrons. The maximum Gasteiger partial charge on any atom is 0.426 e. The normalized spacial score (nSPS) is 29.7. The van der Waals surface area contributed by atoms with Gasteiger partial charge in [-0.1, -0.05) is 5.92 Å². The fraction of sp³-hybridized carbons (Fsp3) is 0.571. The number of rotatable bonds is 0. The van der Waals surface area contributed by atoms with Crippen LogP contribution in [-0.2, 0) is 9.53 Å². The van der Waals surface area contributed by atoms with E-state index in [1.165, 1.54) is 0 Å². The first kappa shape index (κ1) is 8.91. The van der Waals surface area contributed by atoms with Gasteiger partial charge in [0, 0.05) is 0 Å². The molecular formula is C7H5F3O2. The van der Waals surface area contributed by atoms with Crippen molar-refractivity contribution >= 4 is 5.97 Å². The van der Waals surface area contributed by atoms with Gasteiger partial charge in [-0.15, -0.1) is 6.42 Å². The molecule has 0 aromatic heterocycles. The fourth-order valence-corrected chi connectivity index (χ4v) is 1.000. The topological polar surface area (TPSA) is 26.3 Å². The first-order valence-corrected chi connectivity index (χ1v) is 3.17. The number of terminal acetylenes is 1. The molecule has 1 aliphatic rings. The Bertz CT molecular complexity index is 238. The highest BCUT2D eigenvalue weighted by molar-refractivity contribution is 5.73. The second-order valence-corrected chi connectivity index (χ2v) is 2.43. The molecule has 12 heavy (non-hydrogen) atoms. The van der Waals surface area contributed by atoms with Crippen molar-refractivity contribution in [3.05, 3.63) is 0 Å². The van der Waals surface area contributed by atoms with Crippen molar-refractivity contribution in [1.29, 1.82) is 0 Å². The minimum atomic E-state index is -4.55. The summed E-state index contributed by atoms with van der Waals surface area (Å²) in [5, 5.41) is 0. The zero-order chi connectivity index (χ0) is 9.35. The number of ether oxygens (including phenoxy) is 1. The summed E-state index contributed by atoms with van der Waals surface area (Å²) in [6, 6.07) is 0. The molecule has 0 spiro atoms. The van der Waals surface area contributed by atoms with E-state index >= 15 is 0 Å². The highest BCUT2D eigenvalue weighted by atomic mass is 19.4. The van der Waals surface area contributed by atoms with Crippen LogP contribution in [-0.4, -0.2) is 18.2 Å². The molecule has 0 N–H and O–H groups in total. The third-order valence-electron chi connectivity index (χ3n) is 1.55. The van der Waals surface area contributed by atoms with Crippen molar-refractivity contribution in [2.45, 2.75) is 18.7 Å². The average molecular weight is 178 g/mol. The Morgan fingerprint density at radius 2 is 2.17 bits per heavy atom. The second kappa shape index (κ2) is 2.70. The third kappa shape index (κ3) is 1.52. The minimum Gasteiger partial charge on any atom is -0.451 e. The summed E-state index contributed by atoms with van der Waals surface area (Å²) >= 11 is 0. The number of halogens is 3. The standard InChI is InChI=1S/C7H5F3O2/c1-2-4-3-5(11)12-6(4)7(8,9)10/h1,4,6H,3H2. The van der Waals surface area contributed by atoms with Gasteiger partial charge in [-0.05, 0) is 0 Å². The molecule has 1 fully saturated rings. The Kier molecular flexibility index (Phi) is 2.01. The maximum atomic E-state index is 12.0. The SMILES string of the molecule is C#CC1CC(=O)OC1C(F)(F)F. The lowest BCUT2D eigenvalue weighted by Gasteiger charge is -2.15. The quantitative estimate of drug-likeness (QED) is 0.410. The van der Waals surface area contributed by atoms with Gasteiger partial charge >= 0.3 is 12.1 Å². The van der Waals surface area contributed by atoms with E-state index in [4.69, 9.17) is 6.42 Å². The number of alkyl halides is 3. The highest BCUT2D eigenvalue weighted by Gasteiger charge is 2.51. The summed E-state index contributed by atoms with van der Waals surface area (Å²) in [7, 11) is 0. The number of carbonyl (C=O) groups excluding carboxylic acids is 1. The lowest BCUT2D eigenvalue weighted by Crippen LogP contribution is -2.33. The van der Waals surface area contributed by atoms with Gasteiger partial charge in [0.15, 0.2) is 0 Å². The fourth-order valence-electron chi connectivity index (χ4n) is 1.000. The number of carbonyl (C=O) groups is 1. The van der Waals surface area contributed by atoms with Gasteiger partial charge in [0.1, 0.15) is 0 Å². The maximum absolute atomic E-state index is 12.0. The van der Waals surface area contributed by atoms with Crippen LogP contribution in [0.4, 0.5) is 13.2 Å². The molecule has 0 aromatic carbocycles. The zero-order valence-electron chi connectivity index (χ0n) is 5.89. The van der Waals surface area contributed by atoms with Crippen molar-refractivity contribution in [2.75, 3.05) is 0 Å². The minimum absolute atomic E-state index is 0.347. The van der Waals surface area contributed by atoms with Gasteiger partial charge in [-0.2, -0.15) is 13.2 Å². The van der Waals surface area contributed by atoms with E-state index in [9.17, 15) is 18.0 Å². The van der Waals surface area contributed by atoms with Gasteiger partial charge < -0.3 is 4.74 Å². The summed E-state index contributed by atoms with van der Waals surface area (Å²) < 4.78 is 40.0. The van der Waals surface area contributed by atoms with E-state index in [-0.39, 0.29) is 6.42 Å². The lowest BCUT2D eigenvalue weighted by molar-refractivity contribution is -0.214. The predicted molar refractivity (Wildman–Crippen MR) is 32.9 cm³/mol. The van der Waals surface area contributed by atoms with Crippen LogP contribution in [0, 0.1) is 18.3 Å². The van der Waals surface area contributed by atoms with E-state index in [0.717, 1.165) is 0 Å². The molecule has 1 saturated heterocycles. The van der Waals surface area contributed by atoms with Crippen LogP contribution in [0.3, 0.4) is 0 Å². The Balaban J connectivity index is 2.79. The summed E-state index contributed by atoms with van der Waals surface area (Å²) in [6.45, 7) is 0. The molecule has 1 rings (SSSR count). The van der Waals surface area contributed by atoms with E-state index in [0.29, 0.717) is 0 Å². The van der Waals surface area contributed by atoms with E-state index in [1.54, 1.807) is 0 Å². The lowest BCUT2D eigenvalue weighted by atomic mass is 10.0. The molecule has 2 atom stereocenters. The molecule has 1 heterocycles. The molecule has 0 saturated carbocycles. The van der Waals surface area contributed by atoms with E-state index in [1.807, 2.05) is 5.92 Å². The molecule has 0 bridgehead atoms. The molecule has 66 valence electrons. The number of hydrogen-bond acceptors (Lipinski definition) is 2. The Hall–Kier alpha value is -1.18. The van der Waals surface area contributed by atoms with Gasteiger partial charge in [0.25, 0.3) is 0 Å². The summed E-state index contributed by atoms with van der Waals surface area (Å²) in [5.41, 5.74) is 0. The summed E-state index contributed by atoms with van der Waals surface area (Å²) in [5.74, 6) is -0.172. The van der Waals surface area contributed by atoms with Gasteiger partial charge in [0.2, 0.25) is 6.10 Å². The predicted octanol–water partition coefficient (Wildman–Crippen LogP) is 1.11. The number of cyclic esters (lactones) is 1. The molecular weight excluding hydrogens is 173 g/mol. The van der Waals surface area contributed by atoms with Crippen LogP contribution in [0.25, 0.3) is 0 Å². The van der Waals surface area contributed by atoms with Crippen molar-refractivity contribution in [1.82, 2.24) is 0 Å². The molecule has 1 aliphatic heterocycles. The molecule has 2 nitrogen and oxygen atoms in total. The van der Waals surface area contributed by atoms with Crippen molar-refractivity contribution in [2.24, 2.45) is 5.92 Å². The Labute approximate surface area is 66.7 Å². The first-order valence-electron chi connectivity index (χ1n) is 3.17. The zero-order valence-corrected chi connectivity index (χ0v) is 5.89. The summed E-state index contributed by atoms with van der Waals surface area (Å²) in [4.78, 5) is 10.5. The van der Waals surface area contributed by atoms with Crippen LogP contribution in [0.15, 0.2) is 0 Å². The van der Waals surface area contributed by atoms with Crippen LogP contribution in [0.2, 0.25) is 0 Å². The molecule has 0 aliphatic carbocycles. The second-order valence-electron chi connectivity index (χ2n) is 2.43. The smallest absolute Gasteiger partial charge is 0.426 e. The monoisotopic (exact) mass is 178 g/mol. The Morgan fingerprint density at radius 1 is 1.58 bits per heavy atom. The average Bonchev–Trinajstić information content (AvgIpc) is 2.29. The van der Waals surface area contributed by atoms with Crippen molar-refractivity contribution < 1.29 is 22.7 Å². The molecule has 2 unspecified atom stereocenters. The molecule has 0 amide bonds. The number of esters is 1. The van der Waals surface area contributed by atoms with Crippen molar-refractivity contribution in [3.8, 4) is 12.3 Å². The largest absolute Gasteiger partial charge is 0.451 e. The van der Waals surface area contributed by atoms with Crippen LogP contribution in [0.5, 0.6) is 0 Å². The summed E-state index contributed by atoms with van der Waals surface area (Å²) in [6.07, 6.45) is -2.21. The van der Waals surface area contributed by atoms with Crippen LogP contribution in [0.1, 0.15) is 6.42 Å². The Morgan fingerprint density at radius 3 is 2.50 bits per heavy atom. The van der Waals surface area contributed by atoms with Crippen LogP contribution >= 0.6 is 0 Å².